The summed E-state index contributed by atoms with van der Waals surface area (Å²) in [5.74, 6) is -1.31. The van der Waals surface area contributed by atoms with Gasteiger partial charge in [-0.2, -0.15) is 18.4 Å². The van der Waals surface area contributed by atoms with Crippen LogP contribution in [-0.4, -0.2) is 23.2 Å². The Bertz CT molecular complexity index is 552. The lowest BCUT2D eigenvalue weighted by Gasteiger charge is -2.11. The first-order valence-corrected chi connectivity index (χ1v) is 6.25. The number of thioether (sulfide) groups is 1. The summed E-state index contributed by atoms with van der Waals surface area (Å²) >= 11 is -0.510. The van der Waals surface area contributed by atoms with E-state index in [2.05, 4.69) is 4.74 Å². The number of esters is 1. The van der Waals surface area contributed by atoms with E-state index in [0.717, 1.165) is 12.1 Å². The molecule has 0 aromatic heterocycles. The molecule has 4 nitrogen and oxygen atoms in total. The number of halogens is 3. The summed E-state index contributed by atoms with van der Waals surface area (Å²) in [6, 6.07) is 3.60. The number of hydrogen-bond acceptors (Lipinski definition) is 5. The monoisotopic (exact) mass is 305 g/mol. The van der Waals surface area contributed by atoms with Gasteiger partial charge >= 0.3 is 11.5 Å². The van der Waals surface area contributed by atoms with Crippen molar-refractivity contribution in [2.45, 2.75) is 23.7 Å². The topological polar surface area (TPSA) is 70.3 Å². The lowest BCUT2D eigenvalue weighted by molar-refractivity contribution is -0.142. The van der Waals surface area contributed by atoms with Gasteiger partial charge in [-0.25, -0.2) is 0 Å². The number of ether oxygens (including phenoxy) is 1. The Kier molecular flexibility index (Phi) is 5.27. The van der Waals surface area contributed by atoms with Gasteiger partial charge in [-0.3, -0.25) is 4.79 Å². The Labute approximate surface area is 117 Å². The number of phenolic OH excluding ortho intramolecular Hbond substituents is 1. The van der Waals surface area contributed by atoms with Crippen molar-refractivity contribution in [3.8, 4) is 11.8 Å². The molecule has 108 valence electrons. The van der Waals surface area contributed by atoms with Crippen LogP contribution in [0.1, 0.15) is 18.1 Å². The Morgan fingerprint density at radius 3 is 2.65 bits per heavy atom. The van der Waals surface area contributed by atoms with E-state index < -0.39 is 33.9 Å². The van der Waals surface area contributed by atoms with Crippen LogP contribution in [-0.2, 0) is 16.0 Å². The average molecular weight is 305 g/mol. The van der Waals surface area contributed by atoms with Crippen LogP contribution >= 0.6 is 11.8 Å². The van der Waals surface area contributed by atoms with Gasteiger partial charge < -0.3 is 9.84 Å². The summed E-state index contributed by atoms with van der Waals surface area (Å²) < 4.78 is 41.6. The molecule has 0 heterocycles. The summed E-state index contributed by atoms with van der Waals surface area (Å²) in [7, 11) is 0. The molecule has 0 amide bonds. The van der Waals surface area contributed by atoms with Crippen molar-refractivity contribution in [1.29, 1.82) is 5.26 Å². The second-order valence-electron chi connectivity index (χ2n) is 3.62. The number of benzene rings is 1. The largest absolute Gasteiger partial charge is 0.507 e. The molecular formula is C12H10F3NO3S. The van der Waals surface area contributed by atoms with E-state index in [1.165, 1.54) is 0 Å². The quantitative estimate of drug-likeness (QED) is 0.684. The summed E-state index contributed by atoms with van der Waals surface area (Å²) in [5, 5.41) is 18.3. The number of nitrogens with zero attached hydrogens (tertiary/aromatic N) is 1. The highest BCUT2D eigenvalue weighted by Gasteiger charge is 2.31. The minimum Gasteiger partial charge on any atom is -0.507 e. The highest BCUT2D eigenvalue weighted by Crippen LogP contribution is 2.42. The van der Waals surface area contributed by atoms with E-state index in [-0.39, 0.29) is 24.2 Å². The van der Waals surface area contributed by atoms with E-state index in [0.29, 0.717) is 0 Å². The van der Waals surface area contributed by atoms with Crippen LogP contribution in [0.5, 0.6) is 5.75 Å². The molecule has 0 aliphatic heterocycles. The number of carbonyl (C=O) groups excluding carboxylic acids is 1. The van der Waals surface area contributed by atoms with Crippen molar-refractivity contribution in [2.75, 3.05) is 6.61 Å². The Hall–Kier alpha value is -1.88. The van der Waals surface area contributed by atoms with E-state index in [9.17, 15) is 23.1 Å². The third-order valence-electron chi connectivity index (χ3n) is 2.17. The van der Waals surface area contributed by atoms with Crippen molar-refractivity contribution < 1.29 is 27.8 Å². The van der Waals surface area contributed by atoms with Crippen molar-refractivity contribution in [3.63, 3.8) is 0 Å². The van der Waals surface area contributed by atoms with Crippen LogP contribution in [0.2, 0.25) is 0 Å². The van der Waals surface area contributed by atoms with Gasteiger partial charge in [0.2, 0.25) is 0 Å². The van der Waals surface area contributed by atoms with E-state index in [4.69, 9.17) is 5.26 Å². The maximum Gasteiger partial charge on any atom is 0.446 e. The molecule has 20 heavy (non-hydrogen) atoms. The summed E-state index contributed by atoms with van der Waals surface area (Å²) in [6.45, 7) is 1.72. The van der Waals surface area contributed by atoms with Gasteiger partial charge in [-0.05, 0) is 36.4 Å². The minimum absolute atomic E-state index is 0.0675. The minimum atomic E-state index is -4.58. The highest BCUT2D eigenvalue weighted by atomic mass is 32.2. The fraction of sp³-hybridized carbons (Fsp3) is 0.333. The van der Waals surface area contributed by atoms with Crippen molar-refractivity contribution in [3.05, 3.63) is 23.3 Å². The second kappa shape index (κ2) is 6.52. The zero-order valence-corrected chi connectivity index (χ0v) is 11.1. The van der Waals surface area contributed by atoms with E-state index in [1.807, 2.05) is 0 Å². The molecule has 8 heteroatoms. The van der Waals surface area contributed by atoms with Gasteiger partial charge in [-0.1, -0.05) is 0 Å². The van der Waals surface area contributed by atoms with Gasteiger partial charge in [0.15, 0.2) is 0 Å². The van der Waals surface area contributed by atoms with Gasteiger partial charge in [0, 0.05) is 0 Å². The maximum atomic E-state index is 12.3. The van der Waals surface area contributed by atoms with Crippen LogP contribution < -0.4 is 0 Å². The SMILES string of the molecule is CCOC(=O)Cc1cc(SC(F)(F)F)c(O)cc1C#N. The first kappa shape index (κ1) is 16.2. The normalized spacial score (nSPS) is 10.9. The van der Waals surface area contributed by atoms with Gasteiger partial charge in [-0.15, -0.1) is 0 Å². The van der Waals surface area contributed by atoms with E-state index >= 15 is 0 Å². The van der Waals surface area contributed by atoms with Gasteiger partial charge in [0.1, 0.15) is 5.75 Å². The molecular weight excluding hydrogens is 295 g/mol. The maximum absolute atomic E-state index is 12.3. The number of phenols is 1. The zero-order valence-electron chi connectivity index (χ0n) is 10.3. The first-order chi connectivity index (χ1) is 9.26. The molecule has 1 aromatic carbocycles. The summed E-state index contributed by atoms with van der Waals surface area (Å²) in [6.07, 6.45) is -0.331. The molecule has 1 aromatic rings. The third kappa shape index (κ3) is 4.66. The molecule has 0 bridgehead atoms. The van der Waals surface area contributed by atoms with Crippen LogP contribution in [0.4, 0.5) is 13.2 Å². The van der Waals surface area contributed by atoms with Crippen LogP contribution in [0.3, 0.4) is 0 Å². The number of nitriles is 1. The fourth-order valence-electron chi connectivity index (χ4n) is 1.43. The molecule has 1 rings (SSSR count). The van der Waals surface area contributed by atoms with Crippen LogP contribution in [0.15, 0.2) is 17.0 Å². The molecule has 1 N–H and O–H groups in total. The number of carbonyl (C=O) groups is 1. The average Bonchev–Trinajstić information content (AvgIpc) is 2.31. The van der Waals surface area contributed by atoms with E-state index in [1.54, 1.807) is 13.0 Å². The summed E-state index contributed by atoms with van der Waals surface area (Å²) in [4.78, 5) is 10.9. The van der Waals surface area contributed by atoms with Crippen LogP contribution in [0.25, 0.3) is 0 Å². The van der Waals surface area contributed by atoms with Crippen molar-refractivity contribution in [1.82, 2.24) is 0 Å². The van der Waals surface area contributed by atoms with Gasteiger partial charge in [0.05, 0.1) is 29.6 Å². The lowest BCUT2D eigenvalue weighted by atomic mass is 10.1. The molecule has 0 saturated carbocycles. The number of aromatic hydroxyl groups is 1. The van der Waals surface area contributed by atoms with Crippen molar-refractivity contribution >= 4 is 17.7 Å². The second-order valence-corrected chi connectivity index (χ2v) is 4.73. The molecule has 0 fully saturated rings. The first-order valence-electron chi connectivity index (χ1n) is 5.44. The molecule has 0 unspecified atom stereocenters. The Balaban J connectivity index is 3.12. The van der Waals surface area contributed by atoms with Gasteiger partial charge in [0.25, 0.3) is 0 Å². The third-order valence-corrected chi connectivity index (χ3v) is 2.95. The molecule has 0 radical (unpaired) electrons. The predicted octanol–water partition coefficient (Wildman–Crippen LogP) is 2.98. The zero-order chi connectivity index (χ0) is 15.3. The Morgan fingerprint density at radius 2 is 2.15 bits per heavy atom. The highest BCUT2D eigenvalue weighted by molar-refractivity contribution is 8.00. The molecule has 0 spiro atoms. The van der Waals surface area contributed by atoms with Crippen molar-refractivity contribution in [2.24, 2.45) is 0 Å². The number of hydrogen-bond donors (Lipinski definition) is 1. The lowest BCUT2D eigenvalue weighted by Crippen LogP contribution is -2.09. The van der Waals surface area contributed by atoms with Crippen LogP contribution in [0, 0.1) is 11.3 Å². The molecule has 0 aliphatic carbocycles. The fourth-order valence-corrected chi connectivity index (χ4v) is 2.05. The number of rotatable bonds is 4. The smallest absolute Gasteiger partial charge is 0.446 e. The number of alkyl halides is 3. The molecule has 0 saturated heterocycles. The summed E-state index contributed by atoms with van der Waals surface area (Å²) in [5.41, 5.74) is -4.56. The molecule has 0 aliphatic rings. The standard InChI is InChI=1S/C12H10F3NO3S/c1-2-19-11(18)5-7-4-10(20-12(13,14)15)9(17)3-8(7)6-16/h3-4,17H,2,5H2,1H3. The molecule has 0 atom stereocenters. The predicted molar refractivity (Wildman–Crippen MR) is 65.1 cm³/mol. The Morgan fingerprint density at radius 1 is 1.50 bits per heavy atom.